The Balaban J connectivity index is 1.57. The van der Waals surface area contributed by atoms with Crippen molar-refractivity contribution < 1.29 is 14.3 Å². The van der Waals surface area contributed by atoms with Crippen molar-refractivity contribution in [3.8, 4) is 0 Å². The largest absolute Gasteiger partial charge is 0.381 e. The summed E-state index contributed by atoms with van der Waals surface area (Å²) in [4.78, 5) is 28.7. The van der Waals surface area contributed by atoms with E-state index in [1.807, 2.05) is 9.80 Å². The lowest BCUT2D eigenvalue weighted by molar-refractivity contribution is -0.151. The van der Waals surface area contributed by atoms with Gasteiger partial charge in [-0.1, -0.05) is 0 Å². The van der Waals surface area contributed by atoms with Crippen LogP contribution in [-0.2, 0) is 14.3 Å². The lowest BCUT2D eigenvalue weighted by atomic mass is 9.78. The summed E-state index contributed by atoms with van der Waals surface area (Å²) < 4.78 is 5.37. The van der Waals surface area contributed by atoms with Gasteiger partial charge in [-0.05, 0) is 25.7 Å². The van der Waals surface area contributed by atoms with Gasteiger partial charge in [0.2, 0.25) is 11.8 Å². The Bertz CT molecular complexity index is 408. The van der Waals surface area contributed by atoms with Gasteiger partial charge in [0, 0.05) is 51.9 Å². The number of nitrogens with zero attached hydrogens (tertiary/aromatic N) is 2. The molecule has 21 heavy (non-hydrogen) atoms. The van der Waals surface area contributed by atoms with Crippen LogP contribution in [0.1, 0.15) is 25.7 Å². The molecule has 6 nitrogen and oxygen atoms in total. The van der Waals surface area contributed by atoms with Gasteiger partial charge in [0.1, 0.15) is 0 Å². The zero-order valence-corrected chi connectivity index (χ0v) is 12.6. The fourth-order valence-electron chi connectivity index (χ4n) is 3.32. The average Bonchev–Trinajstić information content (AvgIpc) is 3.39. The van der Waals surface area contributed by atoms with Crippen molar-refractivity contribution in [1.29, 1.82) is 0 Å². The first-order valence-corrected chi connectivity index (χ1v) is 8.02. The molecule has 3 rings (SSSR count). The summed E-state index contributed by atoms with van der Waals surface area (Å²) in [5.41, 5.74) is 5.46. The lowest BCUT2D eigenvalue weighted by Gasteiger charge is -2.42. The summed E-state index contributed by atoms with van der Waals surface area (Å²) in [6.07, 6.45) is 3.50. The van der Waals surface area contributed by atoms with E-state index in [9.17, 15) is 9.59 Å². The van der Waals surface area contributed by atoms with E-state index in [1.54, 1.807) is 0 Å². The van der Waals surface area contributed by atoms with Crippen LogP contribution in [-0.4, -0.2) is 67.6 Å². The van der Waals surface area contributed by atoms with E-state index < -0.39 is 5.41 Å². The number of carbonyl (C=O) groups is 2. The Labute approximate surface area is 125 Å². The molecule has 0 radical (unpaired) electrons. The summed E-state index contributed by atoms with van der Waals surface area (Å²) >= 11 is 0. The molecule has 2 amide bonds. The van der Waals surface area contributed by atoms with E-state index in [4.69, 9.17) is 10.5 Å². The van der Waals surface area contributed by atoms with Crippen molar-refractivity contribution in [2.75, 3.05) is 45.9 Å². The molecule has 3 fully saturated rings. The smallest absolute Gasteiger partial charge is 0.230 e. The highest BCUT2D eigenvalue weighted by molar-refractivity contribution is 5.84. The molecular weight excluding hydrogens is 270 g/mol. The van der Waals surface area contributed by atoms with Gasteiger partial charge in [-0.25, -0.2) is 0 Å². The third kappa shape index (κ3) is 2.92. The Kier molecular flexibility index (Phi) is 4.17. The van der Waals surface area contributed by atoms with Crippen LogP contribution < -0.4 is 5.73 Å². The zero-order valence-electron chi connectivity index (χ0n) is 12.6. The molecule has 1 saturated carbocycles. The fourth-order valence-corrected chi connectivity index (χ4v) is 3.32. The van der Waals surface area contributed by atoms with Crippen molar-refractivity contribution >= 4 is 11.8 Å². The van der Waals surface area contributed by atoms with Crippen molar-refractivity contribution in [2.24, 2.45) is 17.1 Å². The molecule has 0 bridgehead atoms. The van der Waals surface area contributed by atoms with Gasteiger partial charge in [-0.3, -0.25) is 9.59 Å². The van der Waals surface area contributed by atoms with Gasteiger partial charge in [0.25, 0.3) is 0 Å². The molecule has 0 unspecified atom stereocenters. The standard InChI is InChI=1S/C15H25N3O3/c16-11-15(3-9-21-10-4-15)14(20)18-7-5-17(6-8-18)13(19)12-1-2-12/h12H,1-11,16H2. The van der Waals surface area contributed by atoms with Gasteiger partial charge >= 0.3 is 0 Å². The lowest BCUT2D eigenvalue weighted by Crippen LogP contribution is -2.57. The minimum absolute atomic E-state index is 0.159. The van der Waals surface area contributed by atoms with Gasteiger partial charge in [0.15, 0.2) is 0 Å². The molecule has 118 valence electrons. The van der Waals surface area contributed by atoms with Crippen LogP contribution in [0.15, 0.2) is 0 Å². The first kappa shape index (κ1) is 14.8. The van der Waals surface area contributed by atoms with Gasteiger partial charge in [0.05, 0.1) is 5.41 Å². The summed E-state index contributed by atoms with van der Waals surface area (Å²) in [5, 5.41) is 0. The number of hydrogen-bond acceptors (Lipinski definition) is 4. The van der Waals surface area contributed by atoms with Crippen molar-refractivity contribution in [3.63, 3.8) is 0 Å². The predicted octanol–water partition coefficient (Wildman–Crippen LogP) is -0.177. The summed E-state index contributed by atoms with van der Waals surface area (Å²) in [5.74, 6) is 0.701. The third-order valence-corrected chi connectivity index (χ3v) is 5.10. The highest BCUT2D eigenvalue weighted by atomic mass is 16.5. The van der Waals surface area contributed by atoms with E-state index >= 15 is 0 Å². The van der Waals surface area contributed by atoms with Crippen LogP contribution in [0.4, 0.5) is 0 Å². The zero-order chi connectivity index (χ0) is 14.9. The van der Waals surface area contributed by atoms with Crippen LogP contribution in [0.25, 0.3) is 0 Å². The first-order valence-electron chi connectivity index (χ1n) is 8.02. The van der Waals surface area contributed by atoms with Gasteiger partial charge in [-0.15, -0.1) is 0 Å². The second-order valence-electron chi connectivity index (χ2n) is 6.49. The molecule has 0 aromatic carbocycles. The quantitative estimate of drug-likeness (QED) is 0.784. The average molecular weight is 295 g/mol. The highest BCUT2D eigenvalue weighted by Crippen LogP contribution is 2.33. The number of carbonyl (C=O) groups excluding carboxylic acids is 2. The predicted molar refractivity (Wildman–Crippen MR) is 77.4 cm³/mol. The molecule has 2 heterocycles. The molecule has 2 N–H and O–H groups in total. The minimum Gasteiger partial charge on any atom is -0.381 e. The molecular formula is C15H25N3O3. The molecule has 3 aliphatic rings. The number of ether oxygens (including phenoxy) is 1. The molecule has 0 atom stereocenters. The Hall–Kier alpha value is -1.14. The summed E-state index contributed by atoms with van der Waals surface area (Å²) in [7, 11) is 0. The van der Waals surface area contributed by atoms with E-state index in [1.165, 1.54) is 0 Å². The topological polar surface area (TPSA) is 75.9 Å². The molecule has 6 heteroatoms. The maximum absolute atomic E-state index is 12.8. The van der Waals surface area contributed by atoms with E-state index in [2.05, 4.69) is 0 Å². The van der Waals surface area contributed by atoms with Crippen molar-refractivity contribution in [1.82, 2.24) is 9.80 Å². The second kappa shape index (κ2) is 5.93. The number of hydrogen-bond donors (Lipinski definition) is 1. The van der Waals surface area contributed by atoms with E-state index in [0.29, 0.717) is 58.8 Å². The third-order valence-electron chi connectivity index (χ3n) is 5.10. The van der Waals surface area contributed by atoms with Gasteiger partial charge in [-0.2, -0.15) is 0 Å². The second-order valence-corrected chi connectivity index (χ2v) is 6.49. The molecule has 2 aliphatic heterocycles. The van der Waals surface area contributed by atoms with Crippen molar-refractivity contribution in [3.05, 3.63) is 0 Å². The fraction of sp³-hybridized carbons (Fsp3) is 0.867. The van der Waals surface area contributed by atoms with Crippen LogP contribution in [0, 0.1) is 11.3 Å². The maximum Gasteiger partial charge on any atom is 0.230 e. The van der Waals surface area contributed by atoms with Gasteiger partial charge < -0.3 is 20.3 Å². The molecule has 0 aromatic rings. The Morgan fingerprint density at radius 2 is 1.62 bits per heavy atom. The Morgan fingerprint density at radius 3 is 2.14 bits per heavy atom. The van der Waals surface area contributed by atoms with Crippen LogP contribution in [0.3, 0.4) is 0 Å². The normalized spacial score (nSPS) is 25.8. The SMILES string of the molecule is NCC1(C(=O)N2CCN(C(=O)C3CC3)CC2)CCOCC1. The number of piperazine rings is 1. The summed E-state index contributed by atoms with van der Waals surface area (Å²) in [6, 6.07) is 0. The highest BCUT2D eigenvalue weighted by Gasteiger charge is 2.43. The van der Waals surface area contributed by atoms with E-state index in [-0.39, 0.29) is 17.7 Å². The van der Waals surface area contributed by atoms with Crippen LogP contribution in [0.5, 0.6) is 0 Å². The number of rotatable bonds is 3. The molecule has 0 aromatic heterocycles. The molecule has 2 saturated heterocycles. The molecule has 1 aliphatic carbocycles. The van der Waals surface area contributed by atoms with Crippen LogP contribution >= 0.6 is 0 Å². The Morgan fingerprint density at radius 1 is 1.05 bits per heavy atom. The number of amides is 2. The minimum atomic E-state index is -0.444. The first-order chi connectivity index (χ1) is 10.2. The summed E-state index contributed by atoms with van der Waals surface area (Å²) in [6.45, 7) is 4.22. The van der Waals surface area contributed by atoms with Crippen molar-refractivity contribution in [2.45, 2.75) is 25.7 Å². The van der Waals surface area contributed by atoms with E-state index in [0.717, 1.165) is 12.8 Å². The monoisotopic (exact) mass is 295 g/mol. The maximum atomic E-state index is 12.8. The molecule has 0 spiro atoms. The van der Waals surface area contributed by atoms with Crippen LogP contribution in [0.2, 0.25) is 0 Å². The number of nitrogens with two attached hydrogens (primary N) is 1.